The molecular weight excluding hydrogens is 397 g/mol. The molecule has 154 valence electrons. The molecular formula is C20H22FN3O4S. The van der Waals surface area contributed by atoms with Crippen molar-refractivity contribution in [3.8, 4) is 0 Å². The monoisotopic (exact) mass is 419 g/mol. The Kier molecular flexibility index (Phi) is 5.24. The Labute approximate surface area is 168 Å². The second kappa shape index (κ2) is 7.70. The number of hydrogen-bond acceptors (Lipinski definition) is 5. The third-order valence-electron chi connectivity index (χ3n) is 5.55. The highest BCUT2D eigenvalue weighted by atomic mass is 32.2. The van der Waals surface area contributed by atoms with E-state index in [9.17, 15) is 22.4 Å². The van der Waals surface area contributed by atoms with Gasteiger partial charge in [0.05, 0.1) is 23.0 Å². The maximum absolute atomic E-state index is 14.1. The van der Waals surface area contributed by atoms with Crippen molar-refractivity contribution in [1.29, 1.82) is 0 Å². The van der Waals surface area contributed by atoms with Crippen molar-refractivity contribution in [3.05, 3.63) is 64.1 Å². The third-order valence-corrected chi connectivity index (χ3v) is 7.66. The van der Waals surface area contributed by atoms with E-state index in [0.29, 0.717) is 5.92 Å². The molecule has 4 rings (SSSR count). The van der Waals surface area contributed by atoms with E-state index in [1.807, 2.05) is 0 Å². The van der Waals surface area contributed by atoms with Gasteiger partial charge in [-0.25, -0.2) is 17.8 Å². The molecule has 1 saturated heterocycles. The lowest BCUT2D eigenvalue weighted by molar-refractivity contribution is -0.131. The van der Waals surface area contributed by atoms with Crippen LogP contribution in [0.4, 0.5) is 4.39 Å². The lowest BCUT2D eigenvalue weighted by atomic mass is 10.1. The van der Waals surface area contributed by atoms with E-state index in [1.165, 1.54) is 40.1 Å². The summed E-state index contributed by atoms with van der Waals surface area (Å²) in [6.07, 6.45) is 3.55. The van der Waals surface area contributed by atoms with E-state index in [1.54, 1.807) is 6.07 Å². The summed E-state index contributed by atoms with van der Waals surface area (Å²) >= 11 is 0. The van der Waals surface area contributed by atoms with Gasteiger partial charge in [0.25, 0.3) is 5.56 Å². The standard InChI is InChI=1S/C20H22FN3O4S/c21-16-4-2-1-3-15(16)18-7-8-23(9-10-29(18,27)28)20(26)12-24-13-22-17(11-19(24)25)14-5-6-14/h1-4,11,13-14,18H,5-10,12H2. The number of nitrogens with zero attached hydrogens (tertiary/aromatic N) is 3. The molecule has 0 N–H and O–H groups in total. The van der Waals surface area contributed by atoms with Crippen LogP contribution in [0, 0.1) is 5.82 Å². The zero-order valence-corrected chi connectivity index (χ0v) is 16.6. The number of carbonyl (C=O) groups is 1. The van der Waals surface area contributed by atoms with Crippen LogP contribution in [0.25, 0.3) is 0 Å². The van der Waals surface area contributed by atoms with Crippen LogP contribution in [0.5, 0.6) is 0 Å². The van der Waals surface area contributed by atoms with Crippen molar-refractivity contribution >= 4 is 15.7 Å². The molecule has 0 bridgehead atoms. The number of benzene rings is 1. The fraction of sp³-hybridized carbons (Fsp3) is 0.450. The van der Waals surface area contributed by atoms with Crippen molar-refractivity contribution in [2.24, 2.45) is 0 Å². The molecule has 1 amide bonds. The Bertz CT molecular complexity index is 1090. The van der Waals surface area contributed by atoms with Gasteiger partial charge in [0.1, 0.15) is 12.4 Å². The van der Waals surface area contributed by atoms with E-state index >= 15 is 0 Å². The first kappa shape index (κ1) is 19.8. The molecule has 0 radical (unpaired) electrons. The van der Waals surface area contributed by atoms with Crippen molar-refractivity contribution in [2.75, 3.05) is 18.8 Å². The van der Waals surface area contributed by atoms with Crippen LogP contribution >= 0.6 is 0 Å². The summed E-state index contributed by atoms with van der Waals surface area (Å²) in [5.41, 5.74) is 0.604. The van der Waals surface area contributed by atoms with Gasteiger partial charge in [0, 0.05) is 30.6 Å². The van der Waals surface area contributed by atoms with E-state index in [2.05, 4.69) is 4.98 Å². The van der Waals surface area contributed by atoms with Crippen molar-refractivity contribution in [1.82, 2.24) is 14.5 Å². The van der Waals surface area contributed by atoms with Crippen LogP contribution in [0.2, 0.25) is 0 Å². The lowest BCUT2D eigenvalue weighted by Gasteiger charge is -2.20. The summed E-state index contributed by atoms with van der Waals surface area (Å²) in [5.74, 6) is -0.809. The summed E-state index contributed by atoms with van der Waals surface area (Å²) in [7, 11) is -3.61. The van der Waals surface area contributed by atoms with Crippen molar-refractivity contribution in [2.45, 2.75) is 37.0 Å². The molecule has 1 atom stereocenters. The number of rotatable bonds is 4. The molecule has 7 nitrogen and oxygen atoms in total. The van der Waals surface area contributed by atoms with Crippen molar-refractivity contribution in [3.63, 3.8) is 0 Å². The number of amides is 1. The summed E-state index contributed by atoms with van der Waals surface area (Å²) in [6, 6.07) is 7.29. The van der Waals surface area contributed by atoms with Gasteiger partial charge >= 0.3 is 0 Å². The molecule has 0 spiro atoms. The molecule has 29 heavy (non-hydrogen) atoms. The highest BCUT2D eigenvalue weighted by Crippen LogP contribution is 2.38. The molecule has 1 aromatic heterocycles. The van der Waals surface area contributed by atoms with Crippen molar-refractivity contribution < 1.29 is 17.6 Å². The fourth-order valence-electron chi connectivity index (χ4n) is 3.69. The van der Waals surface area contributed by atoms with Gasteiger partial charge in [-0.15, -0.1) is 0 Å². The molecule has 1 aliphatic carbocycles. The first-order valence-electron chi connectivity index (χ1n) is 9.65. The van der Waals surface area contributed by atoms with E-state index in [-0.39, 0.29) is 48.8 Å². The molecule has 1 saturated carbocycles. The number of halogens is 1. The largest absolute Gasteiger partial charge is 0.340 e. The average molecular weight is 419 g/mol. The average Bonchev–Trinajstić information content (AvgIpc) is 3.52. The van der Waals surface area contributed by atoms with Gasteiger partial charge in [-0.2, -0.15) is 0 Å². The Morgan fingerprint density at radius 3 is 2.62 bits per heavy atom. The number of aromatic nitrogens is 2. The number of hydrogen-bond donors (Lipinski definition) is 0. The Morgan fingerprint density at radius 2 is 1.93 bits per heavy atom. The smallest absolute Gasteiger partial charge is 0.254 e. The topological polar surface area (TPSA) is 89.3 Å². The summed E-state index contributed by atoms with van der Waals surface area (Å²) in [4.78, 5) is 30.6. The lowest BCUT2D eigenvalue weighted by Crippen LogP contribution is -2.38. The maximum Gasteiger partial charge on any atom is 0.254 e. The zero-order chi connectivity index (χ0) is 20.6. The van der Waals surface area contributed by atoms with Gasteiger partial charge in [-0.1, -0.05) is 18.2 Å². The molecule has 2 aliphatic rings. The third kappa shape index (κ3) is 4.24. The summed E-state index contributed by atoms with van der Waals surface area (Å²) in [5, 5.41) is -0.983. The van der Waals surface area contributed by atoms with Gasteiger partial charge in [0.15, 0.2) is 9.84 Å². The number of carbonyl (C=O) groups excluding carboxylic acids is 1. The fourth-order valence-corrected chi connectivity index (χ4v) is 5.49. The first-order valence-corrected chi connectivity index (χ1v) is 11.4. The Balaban J connectivity index is 1.48. The first-order chi connectivity index (χ1) is 13.8. The van der Waals surface area contributed by atoms with Crippen LogP contribution in [-0.4, -0.2) is 47.6 Å². The Morgan fingerprint density at radius 1 is 1.17 bits per heavy atom. The molecule has 2 fully saturated rings. The summed E-state index contributed by atoms with van der Waals surface area (Å²) < 4.78 is 40.7. The van der Waals surface area contributed by atoms with Gasteiger partial charge in [-0.3, -0.25) is 14.2 Å². The maximum atomic E-state index is 14.1. The van der Waals surface area contributed by atoms with Crippen LogP contribution < -0.4 is 5.56 Å². The predicted octanol–water partition coefficient (Wildman–Crippen LogP) is 1.65. The quantitative estimate of drug-likeness (QED) is 0.752. The summed E-state index contributed by atoms with van der Waals surface area (Å²) in [6.45, 7) is 0.00898. The van der Waals surface area contributed by atoms with Gasteiger partial charge in [-0.05, 0) is 25.3 Å². The van der Waals surface area contributed by atoms with E-state index < -0.39 is 20.9 Å². The molecule has 9 heteroatoms. The minimum absolute atomic E-state index is 0.0223. The predicted molar refractivity (Wildman–Crippen MR) is 105 cm³/mol. The highest BCUT2D eigenvalue weighted by Gasteiger charge is 2.34. The normalized spacial score (nSPS) is 21.6. The number of sulfone groups is 1. The second-order valence-corrected chi connectivity index (χ2v) is 9.90. The SMILES string of the molecule is O=C(Cn1cnc(C2CC2)cc1=O)N1CCC(c2ccccc2F)S(=O)(=O)CC1. The Hall–Kier alpha value is -2.55. The molecule has 2 aromatic rings. The van der Waals surface area contributed by atoms with Crippen LogP contribution in [0.1, 0.15) is 41.7 Å². The molecule has 1 aromatic carbocycles. The van der Waals surface area contributed by atoms with Crippen LogP contribution in [-0.2, 0) is 21.2 Å². The van der Waals surface area contributed by atoms with E-state index in [4.69, 9.17) is 0 Å². The van der Waals surface area contributed by atoms with E-state index in [0.717, 1.165) is 18.5 Å². The second-order valence-electron chi connectivity index (χ2n) is 7.60. The minimum atomic E-state index is -3.61. The zero-order valence-electron chi connectivity index (χ0n) is 15.8. The van der Waals surface area contributed by atoms with Gasteiger partial charge in [0.2, 0.25) is 5.91 Å². The van der Waals surface area contributed by atoms with Crippen LogP contribution in [0.3, 0.4) is 0 Å². The van der Waals surface area contributed by atoms with Gasteiger partial charge < -0.3 is 4.90 Å². The molecule has 1 aliphatic heterocycles. The highest BCUT2D eigenvalue weighted by molar-refractivity contribution is 7.91. The minimum Gasteiger partial charge on any atom is -0.340 e. The molecule has 2 heterocycles. The van der Waals surface area contributed by atoms with Crippen LogP contribution in [0.15, 0.2) is 41.5 Å². The molecule has 1 unspecified atom stereocenters.